The van der Waals surface area contributed by atoms with Gasteiger partial charge in [0.05, 0.1) is 23.6 Å². The van der Waals surface area contributed by atoms with E-state index in [0.717, 1.165) is 48.4 Å². The van der Waals surface area contributed by atoms with Crippen molar-refractivity contribution in [3.8, 4) is 0 Å². The fourth-order valence-electron chi connectivity index (χ4n) is 4.07. The van der Waals surface area contributed by atoms with Crippen molar-refractivity contribution in [3.63, 3.8) is 0 Å². The number of amides is 3. The van der Waals surface area contributed by atoms with Crippen LogP contribution in [0.5, 0.6) is 0 Å². The van der Waals surface area contributed by atoms with E-state index in [4.69, 9.17) is 4.74 Å². The van der Waals surface area contributed by atoms with Gasteiger partial charge >= 0.3 is 6.18 Å². The molecule has 37 heavy (non-hydrogen) atoms. The first-order chi connectivity index (χ1) is 17.7. The van der Waals surface area contributed by atoms with Gasteiger partial charge in [0.15, 0.2) is 0 Å². The van der Waals surface area contributed by atoms with E-state index in [1.807, 2.05) is 4.90 Å². The molecule has 0 aromatic heterocycles. The maximum absolute atomic E-state index is 12.9. The lowest BCUT2D eigenvalue weighted by Crippen LogP contribution is -2.49. The molecule has 0 spiro atoms. The molecule has 4 rings (SSSR count). The second-order valence-corrected chi connectivity index (χ2v) is 9.70. The van der Waals surface area contributed by atoms with E-state index in [1.54, 1.807) is 37.5 Å². The molecule has 11 heteroatoms. The molecular formula is C26H26F3N3O4S. The van der Waals surface area contributed by atoms with Crippen LogP contribution < -0.4 is 0 Å². The topological polar surface area (TPSA) is 70.2 Å². The molecule has 3 amide bonds. The van der Waals surface area contributed by atoms with Crippen molar-refractivity contribution in [2.24, 2.45) is 0 Å². The Morgan fingerprint density at radius 1 is 1.00 bits per heavy atom. The van der Waals surface area contributed by atoms with Crippen LogP contribution in [0.4, 0.5) is 18.0 Å². The summed E-state index contributed by atoms with van der Waals surface area (Å²) in [5, 5.41) is -0.493. The molecule has 2 aliphatic rings. The van der Waals surface area contributed by atoms with Gasteiger partial charge in [-0.25, -0.2) is 0 Å². The van der Waals surface area contributed by atoms with E-state index in [2.05, 4.69) is 4.90 Å². The van der Waals surface area contributed by atoms with Crippen LogP contribution in [0.15, 0.2) is 53.4 Å². The number of benzene rings is 2. The molecule has 0 unspecified atom stereocenters. The first kappa shape index (κ1) is 26.9. The van der Waals surface area contributed by atoms with Gasteiger partial charge < -0.3 is 9.64 Å². The Labute approximate surface area is 216 Å². The van der Waals surface area contributed by atoms with E-state index >= 15 is 0 Å². The first-order valence-electron chi connectivity index (χ1n) is 11.7. The molecule has 0 bridgehead atoms. The first-order valence-corrected chi connectivity index (χ1v) is 12.5. The Morgan fingerprint density at radius 2 is 1.65 bits per heavy atom. The van der Waals surface area contributed by atoms with Crippen molar-refractivity contribution in [1.82, 2.24) is 14.7 Å². The number of ether oxygens (including phenoxy) is 1. The highest BCUT2D eigenvalue weighted by Crippen LogP contribution is 2.34. The quantitative estimate of drug-likeness (QED) is 0.493. The highest BCUT2D eigenvalue weighted by molar-refractivity contribution is 8.18. The van der Waals surface area contributed by atoms with Crippen molar-refractivity contribution in [2.45, 2.75) is 12.7 Å². The van der Waals surface area contributed by atoms with Crippen molar-refractivity contribution in [3.05, 3.63) is 75.7 Å². The normalized spacial score (nSPS) is 18.2. The average Bonchev–Trinajstić information content (AvgIpc) is 3.15. The number of hydrogen-bond acceptors (Lipinski definition) is 6. The minimum atomic E-state index is -4.46. The number of nitrogens with zero attached hydrogens (tertiary/aromatic N) is 3. The number of carbonyl (C=O) groups excluding carboxylic acids is 3. The third kappa shape index (κ3) is 6.60. The molecule has 0 saturated carbocycles. The largest absolute Gasteiger partial charge is 0.416 e. The zero-order valence-electron chi connectivity index (χ0n) is 20.2. The molecule has 196 valence electrons. The summed E-state index contributed by atoms with van der Waals surface area (Å²) in [4.78, 5) is 43.3. The zero-order valence-corrected chi connectivity index (χ0v) is 21.0. The van der Waals surface area contributed by atoms with E-state index in [-0.39, 0.29) is 17.4 Å². The van der Waals surface area contributed by atoms with Crippen LogP contribution in [0.3, 0.4) is 0 Å². The predicted molar refractivity (Wildman–Crippen MR) is 134 cm³/mol. The van der Waals surface area contributed by atoms with E-state index in [0.29, 0.717) is 36.4 Å². The van der Waals surface area contributed by atoms with Crippen LogP contribution >= 0.6 is 11.8 Å². The summed E-state index contributed by atoms with van der Waals surface area (Å²) in [5.74, 6) is -0.573. The summed E-state index contributed by atoms with van der Waals surface area (Å²) >= 11 is 0.772. The van der Waals surface area contributed by atoms with Crippen LogP contribution in [0.1, 0.15) is 27.0 Å². The van der Waals surface area contributed by atoms with Crippen molar-refractivity contribution in [2.75, 3.05) is 46.4 Å². The van der Waals surface area contributed by atoms with E-state index < -0.39 is 22.9 Å². The average molecular weight is 534 g/mol. The number of rotatable bonds is 7. The Kier molecular flexibility index (Phi) is 8.35. The standard InChI is InChI=1S/C26H26F3N3O4S/c1-36-15-14-30-10-12-31(13-11-30)23(33)20-6-2-18(3-7-20)16-22-24(34)32(25(35)37-22)17-19-4-8-21(9-5-19)26(27,28)29/h2-9,16H,10-15,17H2,1H3. The maximum Gasteiger partial charge on any atom is 0.416 e. The molecule has 0 N–H and O–H groups in total. The molecular weight excluding hydrogens is 507 g/mol. The Balaban J connectivity index is 1.36. The second-order valence-electron chi connectivity index (χ2n) is 8.71. The number of piperazine rings is 1. The Hall–Kier alpha value is -3.15. The zero-order chi connectivity index (χ0) is 26.6. The Bertz CT molecular complexity index is 1180. The monoisotopic (exact) mass is 533 g/mol. The fourth-order valence-corrected chi connectivity index (χ4v) is 4.91. The summed E-state index contributed by atoms with van der Waals surface area (Å²) < 4.78 is 43.4. The van der Waals surface area contributed by atoms with Crippen LogP contribution in [-0.4, -0.2) is 78.2 Å². The third-order valence-electron chi connectivity index (χ3n) is 6.22. The molecule has 2 heterocycles. The van der Waals surface area contributed by atoms with Gasteiger partial charge in [-0.3, -0.25) is 24.2 Å². The molecule has 2 aromatic rings. The van der Waals surface area contributed by atoms with Crippen LogP contribution in [0.25, 0.3) is 6.08 Å². The lowest BCUT2D eigenvalue weighted by atomic mass is 10.1. The van der Waals surface area contributed by atoms with E-state index in [1.165, 1.54) is 12.1 Å². The highest BCUT2D eigenvalue weighted by atomic mass is 32.2. The number of methoxy groups -OCH3 is 1. The molecule has 2 aromatic carbocycles. The van der Waals surface area contributed by atoms with Gasteiger partial charge in [-0.2, -0.15) is 13.2 Å². The number of hydrogen-bond donors (Lipinski definition) is 0. The molecule has 0 atom stereocenters. The molecule has 0 aliphatic carbocycles. The molecule has 7 nitrogen and oxygen atoms in total. The van der Waals surface area contributed by atoms with Gasteiger partial charge in [0.2, 0.25) is 0 Å². The molecule has 0 radical (unpaired) electrons. The van der Waals surface area contributed by atoms with Gasteiger partial charge in [0.25, 0.3) is 17.1 Å². The van der Waals surface area contributed by atoms with Gasteiger partial charge in [-0.05, 0) is 53.2 Å². The number of alkyl halides is 3. The van der Waals surface area contributed by atoms with Crippen molar-refractivity contribution < 1.29 is 32.3 Å². The maximum atomic E-state index is 12.9. The number of thioether (sulfide) groups is 1. The fraction of sp³-hybridized carbons (Fsp3) is 0.346. The summed E-state index contributed by atoms with van der Waals surface area (Å²) in [6.45, 7) is 4.22. The highest BCUT2D eigenvalue weighted by Gasteiger charge is 2.35. The minimum absolute atomic E-state index is 0.0604. The second kappa shape index (κ2) is 11.5. The van der Waals surface area contributed by atoms with Crippen LogP contribution in [0, 0.1) is 0 Å². The number of halogens is 3. The van der Waals surface area contributed by atoms with Crippen LogP contribution in [-0.2, 0) is 22.3 Å². The molecule has 2 saturated heterocycles. The van der Waals surface area contributed by atoms with Gasteiger partial charge in [-0.15, -0.1) is 0 Å². The summed E-state index contributed by atoms with van der Waals surface area (Å²) in [5.41, 5.74) is 0.814. The summed E-state index contributed by atoms with van der Waals surface area (Å²) in [7, 11) is 1.66. The van der Waals surface area contributed by atoms with Gasteiger partial charge in [-0.1, -0.05) is 24.3 Å². The van der Waals surface area contributed by atoms with Crippen LogP contribution in [0.2, 0.25) is 0 Å². The van der Waals surface area contributed by atoms with Gasteiger partial charge in [0, 0.05) is 45.4 Å². The van der Waals surface area contributed by atoms with Gasteiger partial charge in [0.1, 0.15) is 0 Å². The summed E-state index contributed by atoms with van der Waals surface area (Å²) in [6.07, 6.45) is -2.89. The lowest BCUT2D eigenvalue weighted by Gasteiger charge is -2.34. The number of carbonyl (C=O) groups is 3. The molecule has 2 fully saturated rings. The van der Waals surface area contributed by atoms with Crippen molar-refractivity contribution >= 4 is 34.9 Å². The summed E-state index contributed by atoms with van der Waals surface area (Å²) in [6, 6.07) is 11.2. The van der Waals surface area contributed by atoms with E-state index in [9.17, 15) is 27.6 Å². The predicted octanol–water partition coefficient (Wildman–Crippen LogP) is 4.35. The minimum Gasteiger partial charge on any atom is -0.383 e. The third-order valence-corrected chi connectivity index (χ3v) is 7.13. The lowest BCUT2D eigenvalue weighted by molar-refractivity contribution is -0.137. The molecule has 2 aliphatic heterocycles. The van der Waals surface area contributed by atoms with Crippen molar-refractivity contribution in [1.29, 1.82) is 0 Å². The smallest absolute Gasteiger partial charge is 0.383 e. The SMILES string of the molecule is COCCN1CCN(C(=O)c2ccc(C=C3SC(=O)N(Cc4ccc(C(F)(F)F)cc4)C3=O)cc2)CC1. The Morgan fingerprint density at radius 3 is 2.24 bits per heavy atom. The number of imide groups is 1.